The van der Waals surface area contributed by atoms with Crippen LogP contribution in [0.15, 0.2) is 41.0 Å². The van der Waals surface area contributed by atoms with Crippen LogP contribution < -0.4 is 4.74 Å². The van der Waals surface area contributed by atoms with Crippen molar-refractivity contribution in [3.05, 3.63) is 52.1 Å². The predicted octanol–water partition coefficient (Wildman–Crippen LogP) is 4.81. The SMILES string of the molecule is CC(C)c1cc(Br)ccc1Oc1ncccc1C(C)O. The molecule has 1 N–H and O–H groups in total. The minimum Gasteiger partial charge on any atom is -0.438 e. The Labute approximate surface area is 127 Å². The van der Waals surface area contributed by atoms with Crippen molar-refractivity contribution in [3.63, 3.8) is 0 Å². The van der Waals surface area contributed by atoms with Gasteiger partial charge < -0.3 is 9.84 Å². The van der Waals surface area contributed by atoms with Gasteiger partial charge in [0.1, 0.15) is 5.75 Å². The van der Waals surface area contributed by atoms with Gasteiger partial charge >= 0.3 is 0 Å². The Kier molecular flexibility index (Phi) is 4.78. The summed E-state index contributed by atoms with van der Waals surface area (Å²) in [6.45, 7) is 5.93. The summed E-state index contributed by atoms with van der Waals surface area (Å²) in [4.78, 5) is 4.22. The largest absolute Gasteiger partial charge is 0.438 e. The number of pyridine rings is 1. The molecule has 106 valence electrons. The van der Waals surface area contributed by atoms with Crippen LogP contribution >= 0.6 is 15.9 Å². The lowest BCUT2D eigenvalue weighted by molar-refractivity contribution is 0.194. The maximum Gasteiger partial charge on any atom is 0.225 e. The lowest BCUT2D eigenvalue weighted by Crippen LogP contribution is -2.00. The first kappa shape index (κ1) is 15.0. The monoisotopic (exact) mass is 335 g/mol. The van der Waals surface area contributed by atoms with E-state index in [1.165, 1.54) is 0 Å². The molecule has 0 saturated carbocycles. The first-order chi connectivity index (χ1) is 9.49. The average Bonchev–Trinajstić information content (AvgIpc) is 2.41. The van der Waals surface area contributed by atoms with E-state index in [4.69, 9.17) is 4.74 Å². The Bertz CT molecular complexity index is 597. The molecule has 0 saturated heterocycles. The fourth-order valence-corrected chi connectivity index (χ4v) is 2.35. The third kappa shape index (κ3) is 3.38. The number of ether oxygens (including phenoxy) is 1. The maximum atomic E-state index is 9.78. The van der Waals surface area contributed by atoms with Crippen molar-refractivity contribution in [2.45, 2.75) is 32.8 Å². The highest BCUT2D eigenvalue weighted by Crippen LogP contribution is 2.34. The average molecular weight is 336 g/mol. The Morgan fingerprint density at radius 3 is 2.55 bits per heavy atom. The van der Waals surface area contributed by atoms with Crippen LogP contribution in [-0.4, -0.2) is 10.1 Å². The Balaban J connectivity index is 2.40. The molecule has 4 heteroatoms. The highest BCUT2D eigenvalue weighted by Gasteiger charge is 2.14. The van der Waals surface area contributed by atoms with Gasteiger partial charge in [-0.05, 0) is 48.7 Å². The number of hydrogen-bond donors (Lipinski definition) is 1. The van der Waals surface area contributed by atoms with Gasteiger partial charge in [-0.3, -0.25) is 0 Å². The lowest BCUT2D eigenvalue weighted by atomic mass is 10.0. The van der Waals surface area contributed by atoms with Crippen LogP contribution in [0, 0.1) is 0 Å². The van der Waals surface area contributed by atoms with E-state index in [0.717, 1.165) is 15.8 Å². The van der Waals surface area contributed by atoms with Gasteiger partial charge in [0.15, 0.2) is 0 Å². The molecule has 0 radical (unpaired) electrons. The summed E-state index contributed by atoms with van der Waals surface area (Å²) < 4.78 is 6.95. The number of aliphatic hydroxyl groups is 1. The van der Waals surface area contributed by atoms with Crippen LogP contribution in [0.1, 0.15) is 43.9 Å². The van der Waals surface area contributed by atoms with Gasteiger partial charge in [0, 0.05) is 16.2 Å². The molecule has 1 aromatic heterocycles. The molecule has 1 aromatic carbocycles. The molecule has 0 bridgehead atoms. The van der Waals surface area contributed by atoms with Gasteiger partial charge in [0.25, 0.3) is 0 Å². The summed E-state index contributed by atoms with van der Waals surface area (Å²) >= 11 is 3.48. The standard InChI is InChI=1S/C16H18BrNO2/c1-10(2)14-9-12(17)6-7-15(14)20-16-13(11(3)19)5-4-8-18-16/h4-11,19H,1-3H3. The van der Waals surface area contributed by atoms with E-state index in [0.29, 0.717) is 17.4 Å². The Hall–Kier alpha value is -1.39. The molecule has 0 fully saturated rings. The molecule has 1 unspecified atom stereocenters. The van der Waals surface area contributed by atoms with Crippen LogP contribution in [0.3, 0.4) is 0 Å². The van der Waals surface area contributed by atoms with Gasteiger partial charge in [-0.25, -0.2) is 4.98 Å². The van der Waals surface area contributed by atoms with Crippen molar-refractivity contribution in [1.29, 1.82) is 0 Å². The predicted molar refractivity (Wildman–Crippen MR) is 83.2 cm³/mol. The number of aromatic nitrogens is 1. The molecule has 0 aliphatic carbocycles. The van der Waals surface area contributed by atoms with E-state index in [1.54, 1.807) is 19.2 Å². The molecule has 1 atom stereocenters. The van der Waals surface area contributed by atoms with E-state index in [1.807, 2.05) is 24.3 Å². The summed E-state index contributed by atoms with van der Waals surface area (Å²) in [6.07, 6.45) is 1.05. The van der Waals surface area contributed by atoms with Crippen LogP contribution in [0.25, 0.3) is 0 Å². The van der Waals surface area contributed by atoms with Crippen LogP contribution in [0.2, 0.25) is 0 Å². The molecule has 0 spiro atoms. The molecule has 2 rings (SSSR count). The maximum absolute atomic E-state index is 9.78. The molecular formula is C16H18BrNO2. The van der Waals surface area contributed by atoms with E-state index in [9.17, 15) is 5.11 Å². The van der Waals surface area contributed by atoms with E-state index >= 15 is 0 Å². The third-order valence-corrected chi connectivity index (χ3v) is 3.54. The molecule has 1 heterocycles. The Morgan fingerprint density at radius 2 is 1.90 bits per heavy atom. The van der Waals surface area contributed by atoms with E-state index < -0.39 is 6.10 Å². The van der Waals surface area contributed by atoms with Crippen molar-refractivity contribution in [2.24, 2.45) is 0 Å². The zero-order valence-corrected chi connectivity index (χ0v) is 13.4. The zero-order valence-electron chi connectivity index (χ0n) is 11.8. The number of rotatable bonds is 4. The van der Waals surface area contributed by atoms with Crippen LogP contribution in [0.4, 0.5) is 0 Å². The first-order valence-corrected chi connectivity index (χ1v) is 7.38. The summed E-state index contributed by atoms with van der Waals surface area (Å²) in [5.74, 6) is 1.55. The van der Waals surface area contributed by atoms with E-state index in [2.05, 4.69) is 34.8 Å². The van der Waals surface area contributed by atoms with Gasteiger partial charge in [-0.2, -0.15) is 0 Å². The highest BCUT2D eigenvalue weighted by molar-refractivity contribution is 9.10. The minimum atomic E-state index is -0.614. The molecule has 20 heavy (non-hydrogen) atoms. The fraction of sp³-hybridized carbons (Fsp3) is 0.312. The van der Waals surface area contributed by atoms with Gasteiger partial charge in [0.05, 0.1) is 6.10 Å². The number of nitrogens with zero attached hydrogens (tertiary/aromatic N) is 1. The molecule has 3 nitrogen and oxygen atoms in total. The van der Waals surface area contributed by atoms with Crippen molar-refractivity contribution in [1.82, 2.24) is 4.98 Å². The molecule has 0 aliphatic rings. The second kappa shape index (κ2) is 6.37. The van der Waals surface area contributed by atoms with Crippen molar-refractivity contribution in [3.8, 4) is 11.6 Å². The molecule has 0 aliphatic heterocycles. The van der Waals surface area contributed by atoms with Gasteiger partial charge in [-0.1, -0.05) is 29.8 Å². The van der Waals surface area contributed by atoms with Gasteiger partial charge in [-0.15, -0.1) is 0 Å². The first-order valence-electron chi connectivity index (χ1n) is 6.59. The number of aliphatic hydroxyl groups excluding tert-OH is 1. The number of benzene rings is 1. The van der Waals surface area contributed by atoms with Crippen LogP contribution in [-0.2, 0) is 0 Å². The normalized spacial score (nSPS) is 12.5. The quantitative estimate of drug-likeness (QED) is 0.871. The topological polar surface area (TPSA) is 42.4 Å². The lowest BCUT2D eigenvalue weighted by Gasteiger charge is -2.16. The third-order valence-electron chi connectivity index (χ3n) is 3.05. The smallest absolute Gasteiger partial charge is 0.225 e. The second-order valence-corrected chi connectivity index (χ2v) is 5.93. The number of halogens is 1. The van der Waals surface area contributed by atoms with Crippen LogP contribution in [0.5, 0.6) is 11.6 Å². The van der Waals surface area contributed by atoms with Gasteiger partial charge in [0.2, 0.25) is 5.88 Å². The number of hydrogen-bond acceptors (Lipinski definition) is 3. The summed E-state index contributed by atoms with van der Waals surface area (Å²) in [5.41, 5.74) is 1.78. The summed E-state index contributed by atoms with van der Waals surface area (Å²) in [6, 6.07) is 9.51. The molecule has 2 aromatic rings. The summed E-state index contributed by atoms with van der Waals surface area (Å²) in [5, 5.41) is 9.78. The van der Waals surface area contributed by atoms with Crippen molar-refractivity contribution in [2.75, 3.05) is 0 Å². The molecule has 0 amide bonds. The zero-order chi connectivity index (χ0) is 14.7. The molecular weight excluding hydrogens is 318 g/mol. The van der Waals surface area contributed by atoms with Crippen molar-refractivity contribution < 1.29 is 9.84 Å². The highest BCUT2D eigenvalue weighted by atomic mass is 79.9. The van der Waals surface area contributed by atoms with E-state index in [-0.39, 0.29) is 0 Å². The minimum absolute atomic E-state index is 0.334. The van der Waals surface area contributed by atoms with Crippen molar-refractivity contribution >= 4 is 15.9 Å². The summed E-state index contributed by atoms with van der Waals surface area (Å²) in [7, 11) is 0. The fourth-order valence-electron chi connectivity index (χ4n) is 1.97. The second-order valence-electron chi connectivity index (χ2n) is 5.01. The Morgan fingerprint density at radius 1 is 1.15 bits per heavy atom.